The van der Waals surface area contributed by atoms with Gasteiger partial charge in [-0.05, 0) is 50.4 Å². The van der Waals surface area contributed by atoms with Gasteiger partial charge in [-0.2, -0.15) is 5.10 Å². The number of piperidine rings is 1. The fourth-order valence-electron chi connectivity index (χ4n) is 8.33. The molecule has 51 heavy (non-hydrogen) atoms. The maximum absolute atomic E-state index is 16.2. The SMILES string of the molecule is CN1CCC(O)(CC(=O)N2CC3(C2)CN(c2ccc(-c4ccc5cn(C(C(=O)Nc6nccs6)c6ncn7c6CCC7)nc5c4F)cc2)C3)CC1. The summed E-state index contributed by atoms with van der Waals surface area (Å²) >= 11 is 1.33. The minimum absolute atomic E-state index is 0.0546. The van der Waals surface area contributed by atoms with Crippen LogP contribution in [0.2, 0.25) is 0 Å². The number of imidazole rings is 1. The summed E-state index contributed by atoms with van der Waals surface area (Å²) in [6.07, 6.45) is 8.38. The van der Waals surface area contributed by atoms with Crippen molar-refractivity contribution in [2.24, 2.45) is 5.41 Å². The van der Waals surface area contributed by atoms with Gasteiger partial charge in [-0.25, -0.2) is 14.4 Å². The molecule has 3 fully saturated rings. The Balaban J connectivity index is 0.885. The Bertz CT molecular complexity index is 2110. The van der Waals surface area contributed by atoms with E-state index < -0.39 is 17.5 Å². The van der Waals surface area contributed by atoms with Crippen LogP contribution in [0.1, 0.15) is 43.1 Å². The molecule has 0 bridgehead atoms. The van der Waals surface area contributed by atoms with Crippen molar-refractivity contribution in [1.29, 1.82) is 0 Å². The van der Waals surface area contributed by atoms with E-state index in [9.17, 15) is 14.7 Å². The van der Waals surface area contributed by atoms with Crippen molar-refractivity contribution in [2.75, 3.05) is 56.5 Å². The average molecular weight is 710 g/mol. The van der Waals surface area contributed by atoms with E-state index in [1.165, 1.54) is 16.0 Å². The van der Waals surface area contributed by atoms with Crippen LogP contribution in [0.25, 0.3) is 22.0 Å². The number of hydrogen-bond donors (Lipinski definition) is 2. The van der Waals surface area contributed by atoms with Crippen molar-refractivity contribution in [3.8, 4) is 11.1 Å². The van der Waals surface area contributed by atoms with Crippen LogP contribution in [-0.2, 0) is 22.6 Å². The van der Waals surface area contributed by atoms with E-state index >= 15 is 4.39 Å². The molecule has 2 N–H and O–H groups in total. The highest BCUT2D eigenvalue weighted by molar-refractivity contribution is 7.13. The first-order chi connectivity index (χ1) is 24.7. The number of carbonyl (C=O) groups is 2. The maximum atomic E-state index is 16.2. The number of aromatic nitrogens is 5. The van der Waals surface area contributed by atoms with Crippen LogP contribution < -0.4 is 10.2 Å². The zero-order chi connectivity index (χ0) is 34.9. The number of halogens is 1. The number of likely N-dealkylation sites (tertiary alicyclic amines) is 2. The topological polar surface area (TPSA) is 125 Å². The summed E-state index contributed by atoms with van der Waals surface area (Å²) < 4.78 is 19.8. The number of thiazole rings is 1. The van der Waals surface area contributed by atoms with Crippen LogP contribution in [0.5, 0.6) is 0 Å². The van der Waals surface area contributed by atoms with Crippen LogP contribution in [0.15, 0.2) is 60.5 Å². The van der Waals surface area contributed by atoms with E-state index in [4.69, 9.17) is 0 Å². The van der Waals surface area contributed by atoms with Crippen LogP contribution >= 0.6 is 11.3 Å². The second kappa shape index (κ2) is 12.2. The summed E-state index contributed by atoms with van der Waals surface area (Å²) in [5.74, 6) is -0.721. The Morgan fingerprint density at radius 1 is 1.04 bits per heavy atom. The van der Waals surface area contributed by atoms with Crippen molar-refractivity contribution >= 4 is 44.9 Å². The van der Waals surface area contributed by atoms with Gasteiger partial charge in [-0.3, -0.25) is 19.6 Å². The molecule has 4 aliphatic heterocycles. The van der Waals surface area contributed by atoms with Crippen molar-refractivity contribution in [3.05, 3.63) is 77.7 Å². The number of carbonyl (C=O) groups excluding carboxylic acids is 2. The minimum atomic E-state index is -0.885. The summed E-state index contributed by atoms with van der Waals surface area (Å²) in [6, 6.07) is 10.6. The molecule has 7 heterocycles. The number of aryl methyl sites for hydroxylation is 1. The van der Waals surface area contributed by atoms with Crippen molar-refractivity contribution < 1.29 is 19.1 Å². The molecule has 9 rings (SSSR count). The van der Waals surface area contributed by atoms with Gasteiger partial charge in [0.25, 0.3) is 5.91 Å². The highest BCUT2D eigenvalue weighted by Gasteiger charge is 2.53. The van der Waals surface area contributed by atoms with Crippen LogP contribution in [0.4, 0.5) is 15.2 Å². The predicted octanol–water partition coefficient (Wildman–Crippen LogP) is 4.17. The first kappa shape index (κ1) is 32.3. The smallest absolute Gasteiger partial charge is 0.257 e. The van der Waals surface area contributed by atoms with E-state index in [1.807, 2.05) is 42.3 Å². The molecule has 14 heteroatoms. The molecule has 0 aliphatic carbocycles. The number of rotatable bonds is 8. The van der Waals surface area contributed by atoms with Gasteiger partial charge in [0.15, 0.2) is 17.0 Å². The number of nitrogens with zero attached hydrogens (tertiary/aromatic N) is 8. The van der Waals surface area contributed by atoms with Gasteiger partial charge in [0.2, 0.25) is 5.91 Å². The normalized spacial score (nSPS) is 19.9. The van der Waals surface area contributed by atoms with Crippen LogP contribution in [0.3, 0.4) is 0 Å². The Morgan fingerprint density at radius 3 is 2.57 bits per heavy atom. The number of nitrogens with one attached hydrogen (secondary N) is 1. The highest BCUT2D eigenvalue weighted by Crippen LogP contribution is 2.43. The van der Waals surface area contributed by atoms with Crippen LogP contribution in [0, 0.1) is 11.2 Å². The van der Waals surface area contributed by atoms with E-state index in [0.717, 1.165) is 75.6 Å². The number of benzene rings is 2. The van der Waals surface area contributed by atoms with Gasteiger partial charge in [0.1, 0.15) is 5.52 Å². The summed E-state index contributed by atoms with van der Waals surface area (Å²) in [7, 11) is 2.04. The predicted molar refractivity (Wildman–Crippen MR) is 192 cm³/mol. The van der Waals surface area contributed by atoms with E-state index in [0.29, 0.717) is 34.6 Å². The molecule has 1 atom stereocenters. The molecule has 5 aromatic rings. The van der Waals surface area contributed by atoms with E-state index in [1.54, 1.807) is 30.2 Å². The molecule has 1 spiro atoms. The van der Waals surface area contributed by atoms with Gasteiger partial charge in [0, 0.05) is 91.3 Å². The van der Waals surface area contributed by atoms with Crippen molar-refractivity contribution in [3.63, 3.8) is 0 Å². The quantitative estimate of drug-likeness (QED) is 0.246. The van der Waals surface area contributed by atoms with Gasteiger partial charge < -0.3 is 24.4 Å². The molecule has 2 aromatic carbocycles. The Hall–Kier alpha value is -4.66. The van der Waals surface area contributed by atoms with E-state index in [2.05, 4.69) is 34.8 Å². The summed E-state index contributed by atoms with van der Waals surface area (Å²) in [5, 5.41) is 21.3. The number of anilines is 2. The molecule has 0 radical (unpaired) electrons. The summed E-state index contributed by atoms with van der Waals surface area (Å²) in [5.41, 5.74) is 3.25. The second-order valence-corrected chi connectivity index (χ2v) is 15.8. The lowest BCUT2D eigenvalue weighted by Gasteiger charge is -2.61. The van der Waals surface area contributed by atoms with E-state index in [-0.39, 0.29) is 29.2 Å². The van der Waals surface area contributed by atoms with Crippen molar-refractivity contribution in [2.45, 2.75) is 50.3 Å². The third-order valence-corrected chi connectivity index (χ3v) is 11.9. The Labute approximate surface area is 298 Å². The van der Waals surface area contributed by atoms with Gasteiger partial charge in [0.05, 0.1) is 24.0 Å². The molecule has 4 aliphatic rings. The first-order valence-corrected chi connectivity index (χ1v) is 18.5. The lowest BCUT2D eigenvalue weighted by Crippen LogP contribution is -2.73. The lowest BCUT2D eigenvalue weighted by atomic mass is 9.72. The van der Waals surface area contributed by atoms with Gasteiger partial charge in [-0.15, -0.1) is 11.3 Å². The molecule has 264 valence electrons. The average Bonchev–Trinajstić information content (AvgIpc) is 3.89. The molecule has 12 nitrogen and oxygen atoms in total. The number of hydrogen-bond acceptors (Lipinski definition) is 9. The fourth-order valence-corrected chi connectivity index (χ4v) is 8.86. The molecule has 1 unspecified atom stereocenters. The van der Waals surface area contributed by atoms with Gasteiger partial charge in [-0.1, -0.05) is 24.3 Å². The minimum Gasteiger partial charge on any atom is -0.389 e. The molecule has 3 aromatic heterocycles. The summed E-state index contributed by atoms with van der Waals surface area (Å²) in [4.78, 5) is 41.8. The third kappa shape index (κ3) is 5.78. The zero-order valence-corrected chi connectivity index (χ0v) is 29.3. The molecular formula is C37H40FN9O3S. The maximum Gasteiger partial charge on any atom is 0.257 e. The highest BCUT2D eigenvalue weighted by atomic mass is 32.1. The molecular weight excluding hydrogens is 670 g/mol. The fraction of sp³-hybridized carbons (Fsp3) is 0.432. The lowest BCUT2D eigenvalue weighted by molar-refractivity contribution is -0.152. The Morgan fingerprint density at radius 2 is 1.82 bits per heavy atom. The zero-order valence-electron chi connectivity index (χ0n) is 28.5. The number of aliphatic hydroxyl groups is 1. The standard InChI is InChI=1S/C37H40FN9O3S/c1-43-14-10-37(50,11-15-43)17-29(48)46-21-36(22-46)19-45(20-36)26-7-4-24(5-8-26)27-9-6-25-18-47(42-31(25)30(27)38)33(34(49)41-35-39-12-16-51-35)32-28-3-2-13-44(28)23-40-32/h4-9,12,16,18,23,33,50H,2-3,10-11,13-15,17,19-22H2,1H3,(H,39,41,49). The molecule has 0 saturated carbocycles. The number of amides is 2. The van der Waals surface area contributed by atoms with Crippen LogP contribution in [-0.4, -0.2) is 103 Å². The first-order valence-electron chi connectivity index (χ1n) is 17.6. The summed E-state index contributed by atoms with van der Waals surface area (Å²) in [6.45, 7) is 5.66. The van der Waals surface area contributed by atoms with Crippen molar-refractivity contribution in [1.82, 2.24) is 34.1 Å². The largest absolute Gasteiger partial charge is 0.389 e. The molecule has 3 saturated heterocycles. The Kier molecular flexibility index (Phi) is 7.74. The second-order valence-electron chi connectivity index (χ2n) is 14.9. The molecule has 2 amide bonds. The van der Waals surface area contributed by atoms with Gasteiger partial charge >= 0.3 is 0 Å². The monoisotopic (exact) mass is 709 g/mol. The number of fused-ring (bicyclic) bond motifs is 2. The third-order valence-electron chi connectivity index (χ3n) is 11.3.